The predicted molar refractivity (Wildman–Crippen MR) is 114 cm³/mol. The van der Waals surface area contributed by atoms with Crippen molar-refractivity contribution in [2.24, 2.45) is 0 Å². The highest BCUT2D eigenvalue weighted by Gasteiger charge is 2.22. The summed E-state index contributed by atoms with van der Waals surface area (Å²) >= 11 is 3.21. The molecule has 0 spiro atoms. The largest absolute Gasteiger partial charge is 0.497 e. The number of nitrogens with one attached hydrogen (secondary N) is 1. The van der Waals surface area contributed by atoms with Gasteiger partial charge in [0.1, 0.15) is 10.8 Å². The van der Waals surface area contributed by atoms with E-state index in [4.69, 9.17) is 9.72 Å². The van der Waals surface area contributed by atoms with E-state index in [0.717, 1.165) is 59.7 Å². The second-order valence-electron chi connectivity index (χ2n) is 6.53. The number of methoxy groups -OCH3 is 1. The van der Waals surface area contributed by atoms with Crippen molar-refractivity contribution in [2.75, 3.05) is 38.6 Å². The molecule has 1 aliphatic rings. The van der Waals surface area contributed by atoms with Crippen LogP contribution in [0.5, 0.6) is 5.75 Å². The normalized spacial score (nSPS) is 14.8. The Kier molecular flexibility index (Phi) is 5.90. The molecule has 6 nitrogen and oxygen atoms in total. The van der Waals surface area contributed by atoms with Gasteiger partial charge in [-0.2, -0.15) is 0 Å². The van der Waals surface area contributed by atoms with Gasteiger partial charge < -0.3 is 9.64 Å². The van der Waals surface area contributed by atoms with Crippen LogP contribution in [0.15, 0.2) is 47.2 Å². The molecule has 3 aromatic rings. The fourth-order valence-corrected chi connectivity index (χ4v) is 4.58. The second-order valence-corrected chi connectivity index (χ2v) is 8.42. The number of carbonyl (C=O) groups excluding carboxylic acids is 1. The number of urea groups is 1. The van der Waals surface area contributed by atoms with Crippen molar-refractivity contribution in [1.82, 2.24) is 14.8 Å². The molecule has 4 rings (SSSR count). The number of benzene rings is 1. The Hall–Kier alpha value is -2.42. The van der Waals surface area contributed by atoms with E-state index in [-0.39, 0.29) is 6.03 Å². The SMILES string of the molecule is COc1cccc(-c2csc(CN3CCN(C(=O)Nc4cccs4)CC3)n2)c1. The molecule has 0 saturated carbocycles. The number of piperazine rings is 1. The first kappa shape index (κ1) is 18.9. The molecule has 8 heteroatoms. The Labute approximate surface area is 172 Å². The average molecular weight is 415 g/mol. The molecule has 1 aromatic carbocycles. The van der Waals surface area contributed by atoms with Crippen LogP contribution in [-0.4, -0.2) is 54.1 Å². The van der Waals surface area contributed by atoms with Crippen LogP contribution in [0.3, 0.4) is 0 Å². The maximum Gasteiger partial charge on any atom is 0.322 e. The molecule has 1 aliphatic heterocycles. The van der Waals surface area contributed by atoms with Crippen LogP contribution in [-0.2, 0) is 6.54 Å². The molecule has 1 N–H and O–H groups in total. The molecule has 2 amide bonds. The fourth-order valence-electron chi connectivity index (χ4n) is 3.13. The van der Waals surface area contributed by atoms with Gasteiger partial charge in [-0.15, -0.1) is 22.7 Å². The summed E-state index contributed by atoms with van der Waals surface area (Å²) in [4.78, 5) is 21.3. The van der Waals surface area contributed by atoms with Gasteiger partial charge >= 0.3 is 6.03 Å². The second kappa shape index (κ2) is 8.72. The lowest BCUT2D eigenvalue weighted by molar-refractivity contribution is 0.143. The third-order valence-electron chi connectivity index (χ3n) is 4.69. The summed E-state index contributed by atoms with van der Waals surface area (Å²) in [5.74, 6) is 0.837. The maximum atomic E-state index is 12.3. The van der Waals surface area contributed by atoms with Crippen LogP contribution in [0.2, 0.25) is 0 Å². The summed E-state index contributed by atoms with van der Waals surface area (Å²) in [5.41, 5.74) is 2.05. The van der Waals surface area contributed by atoms with Crippen LogP contribution in [0, 0.1) is 0 Å². The number of thiazole rings is 1. The first-order valence-corrected chi connectivity index (χ1v) is 10.9. The van der Waals surface area contributed by atoms with Crippen molar-refractivity contribution in [2.45, 2.75) is 6.54 Å². The number of thiophene rings is 1. The lowest BCUT2D eigenvalue weighted by Gasteiger charge is -2.34. The lowest BCUT2D eigenvalue weighted by atomic mass is 10.2. The van der Waals surface area contributed by atoms with Gasteiger partial charge in [0.05, 0.1) is 24.3 Å². The van der Waals surface area contributed by atoms with E-state index in [1.807, 2.05) is 46.7 Å². The standard InChI is InChI=1S/C20H22N4O2S2/c1-26-16-5-2-4-15(12-16)17-14-28-19(21-17)13-23-7-9-24(10-8-23)20(25)22-18-6-3-11-27-18/h2-6,11-12,14H,7-10,13H2,1H3,(H,22,25). The molecule has 2 aromatic heterocycles. The summed E-state index contributed by atoms with van der Waals surface area (Å²) in [6.45, 7) is 3.98. The lowest BCUT2D eigenvalue weighted by Crippen LogP contribution is -2.49. The summed E-state index contributed by atoms with van der Waals surface area (Å²) < 4.78 is 5.30. The minimum absolute atomic E-state index is 0.0170. The maximum absolute atomic E-state index is 12.3. The Bertz CT molecular complexity index is 918. The van der Waals surface area contributed by atoms with E-state index in [2.05, 4.69) is 15.6 Å². The van der Waals surface area contributed by atoms with Crippen molar-refractivity contribution in [3.63, 3.8) is 0 Å². The van der Waals surface area contributed by atoms with Gasteiger partial charge in [-0.1, -0.05) is 12.1 Å². The van der Waals surface area contributed by atoms with Crippen molar-refractivity contribution in [3.8, 4) is 17.0 Å². The zero-order valence-corrected chi connectivity index (χ0v) is 17.3. The zero-order valence-electron chi connectivity index (χ0n) is 15.6. The van der Waals surface area contributed by atoms with Crippen molar-refractivity contribution >= 4 is 33.7 Å². The fraction of sp³-hybridized carbons (Fsp3) is 0.300. The number of nitrogens with zero attached hydrogens (tertiary/aromatic N) is 3. The first-order chi connectivity index (χ1) is 13.7. The van der Waals surface area contributed by atoms with Gasteiger partial charge in [-0.05, 0) is 29.6 Å². The minimum atomic E-state index is -0.0170. The molecule has 28 heavy (non-hydrogen) atoms. The van der Waals surface area contributed by atoms with E-state index in [9.17, 15) is 4.79 Å². The van der Waals surface area contributed by atoms with Crippen molar-refractivity contribution in [1.29, 1.82) is 0 Å². The summed E-state index contributed by atoms with van der Waals surface area (Å²) in [6, 6.07) is 11.8. The van der Waals surface area contributed by atoms with Gasteiger partial charge in [0.2, 0.25) is 0 Å². The summed E-state index contributed by atoms with van der Waals surface area (Å²) in [6.07, 6.45) is 0. The van der Waals surface area contributed by atoms with E-state index in [0.29, 0.717) is 0 Å². The van der Waals surface area contributed by atoms with E-state index in [1.54, 1.807) is 18.4 Å². The molecule has 0 atom stereocenters. The number of ether oxygens (including phenoxy) is 1. The van der Waals surface area contributed by atoms with Crippen molar-refractivity contribution < 1.29 is 9.53 Å². The molecule has 1 saturated heterocycles. The smallest absolute Gasteiger partial charge is 0.322 e. The summed E-state index contributed by atoms with van der Waals surface area (Å²) in [5, 5.41) is 8.99. The molecule has 0 radical (unpaired) electrons. The van der Waals surface area contributed by atoms with E-state index in [1.165, 1.54) is 11.3 Å². The molecule has 0 unspecified atom stereocenters. The van der Waals surface area contributed by atoms with Gasteiger partial charge in [-0.3, -0.25) is 10.2 Å². The minimum Gasteiger partial charge on any atom is -0.497 e. The van der Waals surface area contributed by atoms with Crippen LogP contribution in [0.4, 0.5) is 9.80 Å². The quantitative estimate of drug-likeness (QED) is 0.679. The molecule has 0 bridgehead atoms. The first-order valence-electron chi connectivity index (χ1n) is 9.12. The number of amides is 2. The Morgan fingerprint density at radius 1 is 1.18 bits per heavy atom. The highest BCUT2D eigenvalue weighted by atomic mass is 32.1. The predicted octanol–water partition coefficient (Wildman–Crippen LogP) is 4.23. The van der Waals surface area contributed by atoms with Gasteiger partial charge in [0.15, 0.2) is 0 Å². The van der Waals surface area contributed by atoms with Gasteiger partial charge in [0, 0.05) is 37.1 Å². The van der Waals surface area contributed by atoms with Crippen LogP contribution in [0.25, 0.3) is 11.3 Å². The van der Waals surface area contributed by atoms with Crippen molar-refractivity contribution in [3.05, 3.63) is 52.2 Å². The Balaban J connectivity index is 1.30. The zero-order chi connectivity index (χ0) is 19.3. The highest BCUT2D eigenvalue weighted by molar-refractivity contribution is 7.14. The van der Waals surface area contributed by atoms with Crippen LogP contribution in [0.1, 0.15) is 5.01 Å². The molecular formula is C20H22N4O2S2. The van der Waals surface area contributed by atoms with E-state index < -0.39 is 0 Å². The highest BCUT2D eigenvalue weighted by Crippen LogP contribution is 2.26. The molecule has 0 aliphatic carbocycles. The van der Waals surface area contributed by atoms with E-state index >= 15 is 0 Å². The molecule has 1 fully saturated rings. The Morgan fingerprint density at radius 3 is 2.79 bits per heavy atom. The number of carbonyl (C=O) groups is 1. The van der Waals surface area contributed by atoms with Gasteiger partial charge in [0.25, 0.3) is 0 Å². The third kappa shape index (κ3) is 4.52. The average Bonchev–Trinajstić information content (AvgIpc) is 3.41. The molecule has 146 valence electrons. The number of aromatic nitrogens is 1. The third-order valence-corrected chi connectivity index (χ3v) is 6.31. The number of rotatable bonds is 5. The number of anilines is 1. The van der Waals surface area contributed by atoms with Gasteiger partial charge in [-0.25, -0.2) is 9.78 Å². The number of hydrogen-bond donors (Lipinski definition) is 1. The van der Waals surface area contributed by atoms with Crippen LogP contribution < -0.4 is 10.1 Å². The summed E-state index contributed by atoms with van der Waals surface area (Å²) in [7, 11) is 1.67. The molecule has 3 heterocycles. The van der Waals surface area contributed by atoms with Crippen LogP contribution >= 0.6 is 22.7 Å². The topological polar surface area (TPSA) is 57.7 Å². The molecular weight excluding hydrogens is 392 g/mol. The Morgan fingerprint density at radius 2 is 2.04 bits per heavy atom. The monoisotopic (exact) mass is 414 g/mol. The number of hydrogen-bond acceptors (Lipinski definition) is 6.